The fourth-order valence-electron chi connectivity index (χ4n) is 1.66. The Morgan fingerprint density at radius 3 is 2.92 bits per heavy atom. The first-order valence-corrected chi connectivity index (χ1v) is 3.83. The van der Waals surface area contributed by atoms with E-state index in [2.05, 4.69) is 10.2 Å². The van der Waals surface area contributed by atoms with Gasteiger partial charge in [0, 0.05) is 6.54 Å². The van der Waals surface area contributed by atoms with Gasteiger partial charge in [-0.1, -0.05) is 0 Å². The van der Waals surface area contributed by atoms with Crippen LogP contribution in [0.15, 0.2) is 4.79 Å². The van der Waals surface area contributed by atoms with E-state index >= 15 is 0 Å². The lowest BCUT2D eigenvalue weighted by molar-refractivity contribution is -0.142. The molecule has 2 heterocycles. The molecule has 2 rings (SSSR count). The van der Waals surface area contributed by atoms with Gasteiger partial charge >= 0.3 is 5.97 Å². The zero-order valence-electron chi connectivity index (χ0n) is 7.00. The van der Waals surface area contributed by atoms with Crippen LogP contribution in [-0.4, -0.2) is 33.2 Å². The number of H-pyrrole nitrogens is 2. The highest BCUT2D eigenvalue weighted by Gasteiger charge is 2.36. The predicted molar refractivity (Wildman–Crippen MR) is 43.3 cm³/mol. The van der Waals surface area contributed by atoms with Crippen molar-refractivity contribution < 1.29 is 9.90 Å². The van der Waals surface area contributed by atoms with Crippen LogP contribution < -0.4 is 5.56 Å². The van der Waals surface area contributed by atoms with E-state index in [0.29, 0.717) is 17.8 Å². The van der Waals surface area contributed by atoms with Crippen LogP contribution in [0.5, 0.6) is 0 Å². The molecule has 0 saturated heterocycles. The number of hydrogen-bond donors (Lipinski definition) is 3. The number of nitrogens with one attached hydrogen (secondary N) is 2. The number of carbonyl (C=O) groups is 1. The summed E-state index contributed by atoms with van der Waals surface area (Å²) >= 11 is 0. The Balaban J connectivity index is 2.52. The second kappa shape index (κ2) is 2.46. The number of rotatable bonds is 1. The molecule has 1 aliphatic heterocycles. The standard InChI is InChI=1S/C7H9N3O3/c1-10-2-3-4(5(10)7(12)13)8-9-6(3)11/h5H,2H2,1H3,(H,12,13)(H2,8,9,11). The fourth-order valence-corrected chi connectivity index (χ4v) is 1.66. The third kappa shape index (κ3) is 0.988. The third-order valence-electron chi connectivity index (χ3n) is 2.27. The van der Waals surface area contributed by atoms with Gasteiger partial charge in [0.2, 0.25) is 0 Å². The summed E-state index contributed by atoms with van der Waals surface area (Å²) in [5, 5.41) is 13.8. The molecule has 1 aromatic heterocycles. The largest absolute Gasteiger partial charge is 0.480 e. The number of carboxylic acids is 1. The summed E-state index contributed by atoms with van der Waals surface area (Å²) in [4.78, 5) is 23.5. The molecule has 0 spiro atoms. The SMILES string of the molecule is CN1Cc2c([nH][nH]c2=O)C1C(=O)O. The van der Waals surface area contributed by atoms with Gasteiger partial charge in [-0.2, -0.15) is 0 Å². The number of aromatic amines is 2. The smallest absolute Gasteiger partial charge is 0.327 e. The van der Waals surface area contributed by atoms with Crippen molar-refractivity contribution in [2.45, 2.75) is 12.6 Å². The maximum Gasteiger partial charge on any atom is 0.327 e. The van der Waals surface area contributed by atoms with Crippen molar-refractivity contribution in [3.05, 3.63) is 21.6 Å². The van der Waals surface area contributed by atoms with Gasteiger partial charge in [0.1, 0.15) is 0 Å². The van der Waals surface area contributed by atoms with Crippen molar-refractivity contribution in [1.82, 2.24) is 15.1 Å². The molecule has 70 valence electrons. The molecular weight excluding hydrogens is 174 g/mol. The summed E-state index contributed by atoms with van der Waals surface area (Å²) in [6.07, 6.45) is 0. The van der Waals surface area contributed by atoms with Gasteiger partial charge in [-0.25, -0.2) is 0 Å². The molecule has 1 atom stereocenters. The molecule has 0 saturated carbocycles. The minimum absolute atomic E-state index is 0.231. The Hall–Kier alpha value is -1.56. The van der Waals surface area contributed by atoms with Crippen LogP contribution in [0.25, 0.3) is 0 Å². The first-order valence-electron chi connectivity index (χ1n) is 3.83. The number of nitrogens with zero attached hydrogens (tertiary/aromatic N) is 1. The topological polar surface area (TPSA) is 89.2 Å². The molecule has 0 fully saturated rings. The molecule has 6 nitrogen and oxygen atoms in total. The van der Waals surface area contributed by atoms with Gasteiger partial charge in [0.25, 0.3) is 5.56 Å². The van der Waals surface area contributed by atoms with E-state index in [1.807, 2.05) is 0 Å². The molecule has 1 aliphatic rings. The van der Waals surface area contributed by atoms with E-state index in [9.17, 15) is 9.59 Å². The van der Waals surface area contributed by atoms with Crippen molar-refractivity contribution in [2.24, 2.45) is 0 Å². The zero-order chi connectivity index (χ0) is 9.59. The minimum Gasteiger partial charge on any atom is -0.480 e. The lowest BCUT2D eigenvalue weighted by Gasteiger charge is -2.14. The van der Waals surface area contributed by atoms with Crippen molar-refractivity contribution in [2.75, 3.05) is 7.05 Å². The molecule has 0 amide bonds. The van der Waals surface area contributed by atoms with Crippen LogP contribution >= 0.6 is 0 Å². The number of fused-ring (bicyclic) bond motifs is 1. The Labute approximate surface area is 73.2 Å². The summed E-state index contributed by atoms with van der Waals surface area (Å²) in [6.45, 7) is 0.380. The lowest BCUT2D eigenvalue weighted by Crippen LogP contribution is -2.25. The first kappa shape index (κ1) is 8.06. The molecule has 6 heteroatoms. The maximum atomic E-state index is 11.1. The molecule has 0 aromatic carbocycles. The van der Waals surface area contributed by atoms with Gasteiger partial charge in [-0.15, -0.1) is 0 Å². The highest BCUT2D eigenvalue weighted by molar-refractivity contribution is 5.76. The van der Waals surface area contributed by atoms with Crippen molar-refractivity contribution in [3.8, 4) is 0 Å². The lowest BCUT2D eigenvalue weighted by atomic mass is 10.2. The average molecular weight is 183 g/mol. The van der Waals surface area contributed by atoms with Crippen LogP contribution in [0.3, 0.4) is 0 Å². The van der Waals surface area contributed by atoms with Crippen LogP contribution in [-0.2, 0) is 11.3 Å². The van der Waals surface area contributed by atoms with Crippen LogP contribution in [0.4, 0.5) is 0 Å². The number of carboxylic acid groups (broad SMARTS) is 1. The fraction of sp³-hybridized carbons (Fsp3) is 0.429. The molecule has 0 radical (unpaired) electrons. The number of hydrogen-bond acceptors (Lipinski definition) is 3. The zero-order valence-corrected chi connectivity index (χ0v) is 7.00. The monoisotopic (exact) mass is 183 g/mol. The summed E-state index contributed by atoms with van der Waals surface area (Å²) in [5.74, 6) is -0.948. The van der Waals surface area contributed by atoms with E-state index in [1.165, 1.54) is 0 Å². The van der Waals surface area contributed by atoms with Crippen LogP contribution in [0.2, 0.25) is 0 Å². The van der Waals surface area contributed by atoms with Crippen molar-refractivity contribution >= 4 is 5.97 Å². The van der Waals surface area contributed by atoms with E-state index in [4.69, 9.17) is 5.11 Å². The molecule has 0 aliphatic carbocycles. The first-order chi connectivity index (χ1) is 6.11. The Bertz CT molecular complexity index is 405. The van der Waals surface area contributed by atoms with Crippen LogP contribution in [0, 0.1) is 0 Å². The molecule has 3 N–H and O–H groups in total. The van der Waals surface area contributed by atoms with Gasteiger partial charge < -0.3 is 5.11 Å². The van der Waals surface area contributed by atoms with Gasteiger partial charge in [0.05, 0.1) is 11.3 Å². The van der Waals surface area contributed by atoms with Gasteiger partial charge in [-0.3, -0.25) is 24.7 Å². The Morgan fingerprint density at radius 1 is 1.62 bits per heavy atom. The summed E-state index contributed by atoms with van der Waals surface area (Å²) in [6, 6.07) is -0.728. The third-order valence-corrected chi connectivity index (χ3v) is 2.27. The highest BCUT2D eigenvalue weighted by atomic mass is 16.4. The number of aliphatic carboxylic acids is 1. The molecule has 1 unspecified atom stereocenters. The average Bonchev–Trinajstić information content (AvgIpc) is 2.51. The second-order valence-corrected chi connectivity index (χ2v) is 3.13. The van der Waals surface area contributed by atoms with Gasteiger partial charge in [-0.05, 0) is 7.05 Å². The predicted octanol–water partition coefficient (Wildman–Crippen LogP) is -0.726. The quantitative estimate of drug-likeness (QED) is 0.535. The maximum absolute atomic E-state index is 11.1. The van der Waals surface area contributed by atoms with E-state index in [0.717, 1.165) is 0 Å². The number of likely N-dealkylation sites (N-methyl/N-ethyl adjacent to an activating group) is 1. The van der Waals surface area contributed by atoms with Crippen molar-refractivity contribution in [1.29, 1.82) is 0 Å². The number of aromatic nitrogens is 2. The Kier molecular flexibility index (Phi) is 1.53. The van der Waals surface area contributed by atoms with E-state index in [1.54, 1.807) is 11.9 Å². The molecule has 0 bridgehead atoms. The normalized spacial score (nSPS) is 21.8. The van der Waals surface area contributed by atoms with E-state index < -0.39 is 12.0 Å². The second-order valence-electron chi connectivity index (χ2n) is 3.13. The summed E-state index contributed by atoms with van der Waals surface area (Å²) in [5.41, 5.74) is 0.764. The highest BCUT2D eigenvalue weighted by Crippen LogP contribution is 2.27. The van der Waals surface area contributed by atoms with Crippen molar-refractivity contribution in [3.63, 3.8) is 0 Å². The van der Waals surface area contributed by atoms with E-state index in [-0.39, 0.29) is 5.56 Å². The van der Waals surface area contributed by atoms with Crippen LogP contribution in [0.1, 0.15) is 17.3 Å². The molecule has 1 aromatic rings. The summed E-state index contributed by atoms with van der Waals surface area (Å²) in [7, 11) is 1.67. The minimum atomic E-state index is -0.948. The molecular formula is C7H9N3O3. The summed E-state index contributed by atoms with van der Waals surface area (Å²) < 4.78 is 0. The molecule has 13 heavy (non-hydrogen) atoms. The van der Waals surface area contributed by atoms with Gasteiger partial charge in [0.15, 0.2) is 6.04 Å². The Morgan fingerprint density at radius 2 is 2.31 bits per heavy atom.